The molecule has 0 aliphatic carbocycles. The van der Waals surface area contributed by atoms with Gasteiger partial charge in [0.2, 0.25) is 5.91 Å². The Kier molecular flexibility index (Phi) is 6.84. The van der Waals surface area contributed by atoms with E-state index in [2.05, 4.69) is 17.2 Å². The molecule has 152 valence electrons. The van der Waals surface area contributed by atoms with E-state index in [1.54, 1.807) is 47.4 Å². The quantitative estimate of drug-likeness (QED) is 0.704. The molecule has 3 rings (SSSR count). The Bertz CT molecular complexity index is 840. The van der Waals surface area contributed by atoms with Gasteiger partial charge in [-0.05, 0) is 43.0 Å². The fourth-order valence-electron chi connectivity index (χ4n) is 3.49. The van der Waals surface area contributed by atoms with E-state index < -0.39 is 6.04 Å². The minimum Gasteiger partial charge on any atom is -0.459 e. The predicted octanol–water partition coefficient (Wildman–Crippen LogP) is 2.23. The maximum atomic E-state index is 12.7. The van der Waals surface area contributed by atoms with E-state index in [0.29, 0.717) is 43.8 Å². The zero-order valence-electron chi connectivity index (χ0n) is 16.2. The Balaban J connectivity index is 1.66. The van der Waals surface area contributed by atoms with Gasteiger partial charge in [0.1, 0.15) is 6.04 Å². The van der Waals surface area contributed by atoms with E-state index in [9.17, 15) is 14.4 Å². The number of carbonyl (C=O) groups is 3. The first-order valence-corrected chi connectivity index (χ1v) is 9.67. The van der Waals surface area contributed by atoms with Gasteiger partial charge in [-0.15, -0.1) is 6.58 Å². The number of nitrogens with zero attached hydrogens (tertiary/aromatic N) is 1. The molecule has 7 nitrogen and oxygen atoms in total. The third kappa shape index (κ3) is 5.13. The van der Waals surface area contributed by atoms with Crippen LogP contribution >= 0.6 is 0 Å². The number of benzene rings is 1. The minimum atomic E-state index is -0.677. The molecule has 7 heteroatoms. The molecule has 2 heterocycles. The van der Waals surface area contributed by atoms with Crippen molar-refractivity contribution in [3.05, 3.63) is 72.7 Å². The number of carbonyl (C=O) groups excluding carboxylic acids is 3. The van der Waals surface area contributed by atoms with Crippen molar-refractivity contribution in [2.45, 2.75) is 18.9 Å². The van der Waals surface area contributed by atoms with Gasteiger partial charge in [-0.25, -0.2) is 0 Å². The largest absolute Gasteiger partial charge is 0.459 e. The molecular formula is C22H25N3O4. The predicted molar refractivity (Wildman–Crippen MR) is 108 cm³/mol. The van der Waals surface area contributed by atoms with E-state index in [4.69, 9.17) is 4.42 Å². The number of rotatable bonds is 7. The molecule has 1 atom stereocenters. The number of nitrogens with one attached hydrogen (secondary N) is 2. The SMILES string of the molecule is C=CCNC(=O)[C@@H](NC(=O)c1ccccc1)C1CCN(C(=O)c2ccco2)CC1. The van der Waals surface area contributed by atoms with E-state index >= 15 is 0 Å². The standard InChI is InChI=1S/C22H25N3O4/c1-2-12-23-21(27)19(24-20(26)17-7-4-3-5-8-17)16-10-13-25(14-11-16)22(28)18-9-6-15-29-18/h2-9,15-16,19H,1,10-14H2,(H,23,27)(H,24,26)/t19-/m0/s1. The smallest absolute Gasteiger partial charge is 0.289 e. The molecular weight excluding hydrogens is 370 g/mol. The molecule has 1 aromatic carbocycles. The Hall–Kier alpha value is -3.35. The van der Waals surface area contributed by atoms with Crippen LogP contribution in [-0.2, 0) is 4.79 Å². The van der Waals surface area contributed by atoms with Crippen molar-refractivity contribution in [3.8, 4) is 0 Å². The van der Waals surface area contributed by atoms with Gasteiger partial charge in [-0.2, -0.15) is 0 Å². The molecule has 29 heavy (non-hydrogen) atoms. The summed E-state index contributed by atoms with van der Waals surface area (Å²) in [5, 5.41) is 5.65. The molecule has 3 amide bonds. The third-order valence-electron chi connectivity index (χ3n) is 5.06. The first-order valence-electron chi connectivity index (χ1n) is 9.67. The molecule has 1 aromatic heterocycles. The molecule has 0 radical (unpaired) electrons. The van der Waals surface area contributed by atoms with Crippen LogP contribution in [0.25, 0.3) is 0 Å². The monoisotopic (exact) mass is 395 g/mol. The van der Waals surface area contributed by atoms with Crippen LogP contribution in [0.4, 0.5) is 0 Å². The first kappa shape index (κ1) is 20.4. The number of amides is 3. The number of furan rings is 1. The number of likely N-dealkylation sites (tertiary alicyclic amines) is 1. The number of hydrogen-bond donors (Lipinski definition) is 2. The first-order chi connectivity index (χ1) is 14.1. The minimum absolute atomic E-state index is 0.0758. The van der Waals surface area contributed by atoms with Gasteiger partial charge in [0, 0.05) is 25.2 Å². The number of piperidine rings is 1. The second-order valence-corrected chi connectivity index (χ2v) is 6.96. The van der Waals surface area contributed by atoms with Gasteiger partial charge in [0.25, 0.3) is 11.8 Å². The highest BCUT2D eigenvalue weighted by atomic mass is 16.3. The van der Waals surface area contributed by atoms with Crippen LogP contribution in [0.5, 0.6) is 0 Å². The van der Waals surface area contributed by atoms with E-state index in [-0.39, 0.29) is 23.6 Å². The fraction of sp³-hybridized carbons (Fsp3) is 0.318. The van der Waals surface area contributed by atoms with Gasteiger partial charge in [-0.1, -0.05) is 24.3 Å². The fourth-order valence-corrected chi connectivity index (χ4v) is 3.49. The molecule has 1 saturated heterocycles. The van der Waals surface area contributed by atoms with Crippen LogP contribution in [0.3, 0.4) is 0 Å². The van der Waals surface area contributed by atoms with Crippen molar-refractivity contribution < 1.29 is 18.8 Å². The summed E-state index contributed by atoms with van der Waals surface area (Å²) in [6.45, 7) is 4.93. The van der Waals surface area contributed by atoms with Crippen LogP contribution in [0.2, 0.25) is 0 Å². The zero-order valence-corrected chi connectivity index (χ0v) is 16.2. The van der Waals surface area contributed by atoms with Gasteiger partial charge >= 0.3 is 0 Å². The Morgan fingerprint density at radius 1 is 1.14 bits per heavy atom. The van der Waals surface area contributed by atoms with Gasteiger partial charge in [0.05, 0.1) is 6.26 Å². The van der Waals surface area contributed by atoms with Crippen LogP contribution in [0.15, 0.2) is 65.8 Å². The zero-order chi connectivity index (χ0) is 20.6. The molecule has 0 bridgehead atoms. The van der Waals surface area contributed by atoms with Crippen LogP contribution < -0.4 is 10.6 Å². The van der Waals surface area contributed by atoms with Crippen molar-refractivity contribution in [2.75, 3.05) is 19.6 Å². The summed E-state index contributed by atoms with van der Waals surface area (Å²) in [7, 11) is 0. The number of hydrogen-bond acceptors (Lipinski definition) is 4. The van der Waals surface area contributed by atoms with E-state index in [0.717, 1.165) is 0 Å². The summed E-state index contributed by atoms with van der Waals surface area (Å²) in [4.78, 5) is 39.5. The highest BCUT2D eigenvalue weighted by Crippen LogP contribution is 2.23. The van der Waals surface area contributed by atoms with Crippen molar-refractivity contribution in [2.24, 2.45) is 5.92 Å². The van der Waals surface area contributed by atoms with Gasteiger partial charge in [0.15, 0.2) is 5.76 Å². The molecule has 1 aliphatic rings. The van der Waals surface area contributed by atoms with Crippen molar-refractivity contribution >= 4 is 17.7 Å². The second-order valence-electron chi connectivity index (χ2n) is 6.96. The lowest BCUT2D eigenvalue weighted by Gasteiger charge is -2.35. The lowest BCUT2D eigenvalue weighted by molar-refractivity contribution is -0.124. The maximum Gasteiger partial charge on any atom is 0.289 e. The lowest BCUT2D eigenvalue weighted by Crippen LogP contribution is -2.53. The van der Waals surface area contributed by atoms with Crippen LogP contribution in [-0.4, -0.2) is 48.3 Å². The van der Waals surface area contributed by atoms with Gasteiger partial charge in [-0.3, -0.25) is 14.4 Å². The molecule has 0 unspecified atom stereocenters. The van der Waals surface area contributed by atoms with Crippen molar-refractivity contribution in [1.29, 1.82) is 0 Å². The summed E-state index contributed by atoms with van der Waals surface area (Å²) in [6, 6.07) is 11.4. The summed E-state index contributed by atoms with van der Waals surface area (Å²) in [5.74, 6) is -0.466. The summed E-state index contributed by atoms with van der Waals surface area (Å²) >= 11 is 0. The topological polar surface area (TPSA) is 91.7 Å². The third-order valence-corrected chi connectivity index (χ3v) is 5.06. The Morgan fingerprint density at radius 3 is 2.48 bits per heavy atom. The lowest BCUT2D eigenvalue weighted by atomic mass is 9.88. The van der Waals surface area contributed by atoms with Crippen molar-refractivity contribution in [1.82, 2.24) is 15.5 Å². The molecule has 1 aliphatic heterocycles. The molecule has 2 N–H and O–H groups in total. The van der Waals surface area contributed by atoms with Crippen LogP contribution in [0, 0.1) is 5.92 Å². The second kappa shape index (κ2) is 9.73. The molecule has 0 spiro atoms. The highest BCUT2D eigenvalue weighted by Gasteiger charge is 2.34. The van der Waals surface area contributed by atoms with Gasteiger partial charge < -0.3 is 20.0 Å². The normalized spacial score (nSPS) is 15.4. The summed E-state index contributed by atoms with van der Waals surface area (Å²) in [6.07, 6.45) is 4.28. The summed E-state index contributed by atoms with van der Waals surface area (Å²) < 4.78 is 5.19. The Labute approximate surface area is 169 Å². The van der Waals surface area contributed by atoms with Crippen molar-refractivity contribution in [3.63, 3.8) is 0 Å². The maximum absolute atomic E-state index is 12.7. The average molecular weight is 395 g/mol. The summed E-state index contributed by atoms with van der Waals surface area (Å²) in [5.41, 5.74) is 0.499. The highest BCUT2D eigenvalue weighted by molar-refractivity contribution is 5.97. The van der Waals surface area contributed by atoms with E-state index in [1.165, 1.54) is 6.26 Å². The van der Waals surface area contributed by atoms with E-state index in [1.807, 2.05) is 6.07 Å². The Morgan fingerprint density at radius 2 is 1.86 bits per heavy atom. The molecule has 2 aromatic rings. The molecule has 0 saturated carbocycles. The van der Waals surface area contributed by atoms with Crippen LogP contribution in [0.1, 0.15) is 33.8 Å². The average Bonchev–Trinajstić information content (AvgIpc) is 3.31. The molecule has 1 fully saturated rings.